The second kappa shape index (κ2) is 7.94. The van der Waals surface area contributed by atoms with Gasteiger partial charge in [0.2, 0.25) is 0 Å². The topological polar surface area (TPSA) is 18.5 Å². The minimum absolute atomic E-state index is 0.0242. The number of para-hydroxylation sites is 1. The highest BCUT2D eigenvalue weighted by Gasteiger charge is 2.30. The van der Waals surface area contributed by atoms with Crippen LogP contribution in [0.5, 0.6) is 11.5 Å². The highest BCUT2D eigenvalue weighted by atomic mass is 35.5. The van der Waals surface area contributed by atoms with Crippen LogP contribution in [0.3, 0.4) is 0 Å². The Balaban J connectivity index is 1.53. The van der Waals surface area contributed by atoms with Gasteiger partial charge in [0.25, 0.3) is 0 Å². The van der Waals surface area contributed by atoms with E-state index >= 15 is 0 Å². The second-order valence-electron chi connectivity index (χ2n) is 6.58. The molecule has 1 saturated heterocycles. The summed E-state index contributed by atoms with van der Waals surface area (Å²) in [5, 5.41) is 0.0950. The lowest BCUT2D eigenvalue weighted by Gasteiger charge is -2.33. The van der Waals surface area contributed by atoms with Gasteiger partial charge in [-0.3, -0.25) is 0 Å². The molecule has 0 spiro atoms. The lowest BCUT2D eigenvalue weighted by atomic mass is 9.94. The Morgan fingerprint density at radius 1 is 0.692 bits per heavy atom. The maximum absolute atomic E-state index is 6.56. The van der Waals surface area contributed by atoms with E-state index < -0.39 is 0 Å². The van der Waals surface area contributed by atoms with Crippen LogP contribution in [0.15, 0.2) is 84.9 Å². The Hall–Kier alpha value is -2.29. The van der Waals surface area contributed by atoms with Crippen LogP contribution < -0.4 is 4.74 Å². The van der Waals surface area contributed by atoms with E-state index in [-0.39, 0.29) is 17.6 Å². The van der Waals surface area contributed by atoms with Gasteiger partial charge in [-0.1, -0.05) is 60.7 Å². The Morgan fingerprint density at radius 2 is 1.27 bits per heavy atom. The van der Waals surface area contributed by atoms with E-state index in [0.717, 1.165) is 29.9 Å². The third-order valence-corrected chi connectivity index (χ3v) is 5.00. The normalized spacial score (nSPS) is 22.7. The van der Waals surface area contributed by atoms with Crippen molar-refractivity contribution in [3.8, 4) is 11.5 Å². The summed E-state index contributed by atoms with van der Waals surface area (Å²) in [6, 6.07) is 28.2. The van der Waals surface area contributed by atoms with Gasteiger partial charge in [-0.05, 0) is 48.2 Å². The maximum atomic E-state index is 6.56. The SMILES string of the molecule is Cl[C@H]1C[C@@H](c2cccc(Oc3ccccc3)c2)O[C@@H](c2ccccc2)C1. The van der Waals surface area contributed by atoms with Crippen LogP contribution in [0.4, 0.5) is 0 Å². The van der Waals surface area contributed by atoms with Crippen LogP contribution in [0, 0.1) is 0 Å². The average molecular weight is 365 g/mol. The molecule has 0 saturated carbocycles. The highest BCUT2D eigenvalue weighted by Crippen LogP contribution is 2.41. The molecule has 2 nitrogen and oxygen atoms in total. The third kappa shape index (κ3) is 4.09. The molecule has 0 aromatic heterocycles. The van der Waals surface area contributed by atoms with Crippen LogP contribution in [-0.4, -0.2) is 5.38 Å². The standard InChI is InChI=1S/C23H21ClO2/c24-19-15-22(17-8-3-1-4-9-17)26-23(16-19)18-10-7-13-21(14-18)25-20-11-5-2-6-12-20/h1-14,19,22-23H,15-16H2/t19-,22-,23+/m1/s1. The molecule has 0 N–H and O–H groups in total. The highest BCUT2D eigenvalue weighted by molar-refractivity contribution is 6.20. The molecule has 1 heterocycles. The summed E-state index contributed by atoms with van der Waals surface area (Å²) in [6.07, 6.45) is 1.63. The van der Waals surface area contributed by atoms with Crippen LogP contribution in [0.2, 0.25) is 0 Å². The molecule has 3 heteroatoms. The zero-order valence-corrected chi connectivity index (χ0v) is 15.2. The molecule has 1 fully saturated rings. The first kappa shape index (κ1) is 17.1. The molecule has 132 valence electrons. The van der Waals surface area contributed by atoms with Gasteiger partial charge in [0.1, 0.15) is 11.5 Å². The molecule has 3 aromatic rings. The predicted molar refractivity (Wildman–Crippen MR) is 105 cm³/mol. The van der Waals surface area contributed by atoms with Crippen molar-refractivity contribution in [3.05, 3.63) is 96.1 Å². The van der Waals surface area contributed by atoms with Crippen molar-refractivity contribution < 1.29 is 9.47 Å². The van der Waals surface area contributed by atoms with Gasteiger partial charge in [0.05, 0.1) is 12.2 Å². The van der Waals surface area contributed by atoms with Crippen molar-refractivity contribution in [1.29, 1.82) is 0 Å². The molecule has 0 radical (unpaired) electrons. The minimum Gasteiger partial charge on any atom is -0.457 e. The fraction of sp³-hybridized carbons (Fsp3) is 0.217. The van der Waals surface area contributed by atoms with Crippen LogP contribution in [0.25, 0.3) is 0 Å². The van der Waals surface area contributed by atoms with Gasteiger partial charge in [-0.15, -0.1) is 11.6 Å². The summed E-state index contributed by atoms with van der Waals surface area (Å²) in [4.78, 5) is 0. The van der Waals surface area contributed by atoms with E-state index in [9.17, 15) is 0 Å². The van der Waals surface area contributed by atoms with Crippen molar-refractivity contribution in [2.75, 3.05) is 0 Å². The molecule has 0 amide bonds. The third-order valence-electron chi connectivity index (χ3n) is 4.65. The first-order valence-electron chi connectivity index (χ1n) is 8.95. The van der Waals surface area contributed by atoms with Crippen LogP contribution in [0.1, 0.15) is 36.2 Å². The number of benzene rings is 3. The maximum Gasteiger partial charge on any atom is 0.127 e. The van der Waals surface area contributed by atoms with Gasteiger partial charge in [-0.25, -0.2) is 0 Å². The van der Waals surface area contributed by atoms with E-state index in [1.807, 2.05) is 60.7 Å². The van der Waals surface area contributed by atoms with E-state index in [0.29, 0.717) is 0 Å². The summed E-state index contributed by atoms with van der Waals surface area (Å²) < 4.78 is 12.4. The Labute approximate surface area is 159 Å². The van der Waals surface area contributed by atoms with Crippen LogP contribution in [-0.2, 0) is 4.74 Å². The Bertz CT molecular complexity index is 835. The minimum atomic E-state index is -0.0317. The van der Waals surface area contributed by atoms with E-state index in [1.54, 1.807) is 0 Å². The number of hydrogen-bond donors (Lipinski definition) is 0. The van der Waals surface area contributed by atoms with E-state index in [1.165, 1.54) is 5.56 Å². The van der Waals surface area contributed by atoms with Crippen molar-refractivity contribution in [1.82, 2.24) is 0 Å². The summed E-state index contributed by atoms with van der Waals surface area (Å²) in [7, 11) is 0. The molecule has 1 aliphatic heterocycles. The molecule has 3 aromatic carbocycles. The summed E-state index contributed by atoms with van der Waals surface area (Å²) in [5.41, 5.74) is 2.28. The van der Waals surface area contributed by atoms with Crippen molar-refractivity contribution >= 4 is 11.6 Å². The number of hydrogen-bond acceptors (Lipinski definition) is 2. The zero-order valence-electron chi connectivity index (χ0n) is 14.4. The lowest BCUT2D eigenvalue weighted by molar-refractivity contribution is -0.0517. The smallest absolute Gasteiger partial charge is 0.127 e. The second-order valence-corrected chi connectivity index (χ2v) is 7.20. The van der Waals surface area contributed by atoms with Crippen molar-refractivity contribution in [2.45, 2.75) is 30.4 Å². The van der Waals surface area contributed by atoms with Gasteiger partial charge in [0, 0.05) is 5.38 Å². The van der Waals surface area contributed by atoms with Crippen molar-refractivity contribution in [2.24, 2.45) is 0 Å². The van der Waals surface area contributed by atoms with Gasteiger partial charge in [-0.2, -0.15) is 0 Å². The summed E-state index contributed by atoms with van der Waals surface area (Å²) >= 11 is 6.56. The molecule has 0 aliphatic carbocycles. The van der Waals surface area contributed by atoms with Gasteiger partial charge < -0.3 is 9.47 Å². The molecule has 0 unspecified atom stereocenters. The number of rotatable bonds is 4. The predicted octanol–water partition coefficient (Wildman–Crippen LogP) is 6.68. The fourth-order valence-electron chi connectivity index (χ4n) is 3.37. The monoisotopic (exact) mass is 364 g/mol. The zero-order chi connectivity index (χ0) is 17.8. The molecule has 0 bridgehead atoms. The molecular formula is C23H21ClO2. The summed E-state index contributed by atoms with van der Waals surface area (Å²) in [6.45, 7) is 0. The molecular weight excluding hydrogens is 344 g/mol. The van der Waals surface area contributed by atoms with Crippen LogP contribution >= 0.6 is 11.6 Å². The van der Waals surface area contributed by atoms with Gasteiger partial charge >= 0.3 is 0 Å². The number of alkyl halides is 1. The number of halogens is 1. The first-order valence-corrected chi connectivity index (χ1v) is 9.39. The molecule has 1 aliphatic rings. The fourth-order valence-corrected chi connectivity index (χ4v) is 3.69. The lowest BCUT2D eigenvalue weighted by Crippen LogP contribution is -2.23. The summed E-state index contributed by atoms with van der Waals surface area (Å²) in [5.74, 6) is 1.64. The number of ether oxygens (including phenoxy) is 2. The Kier molecular flexibility index (Phi) is 5.24. The molecule has 26 heavy (non-hydrogen) atoms. The van der Waals surface area contributed by atoms with E-state index in [2.05, 4.69) is 24.3 Å². The van der Waals surface area contributed by atoms with Crippen molar-refractivity contribution in [3.63, 3.8) is 0 Å². The van der Waals surface area contributed by atoms with E-state index in [4.69, 9.17) is 21.1 Å². The molecule has 3 atom stereocenters. The van der Waals surface area contributed by atoms with Gasteiger partial charge in [0.15, 0.2) is 0 Å². The first-order chi connectivity index (χ1) is 12.8. The molecule has 4 rings (SSSR count). The Morgan fingerprint density at radius 3 is 2.00 bits per heavy atom. The average Bonchev–Trinajstić information content (AvgIpc) is 2.69. The quantitative estimate of drug-likeness (QED) is 0.481. The largest absolute Gasteiger partial charge is 0.457 e.